The second-order valence-electron chi connectivity index (χ2n) is 13.2. The molecule has 4 nitrogen and oxygen atoms in total. The van der Waals surface area contributed by atoms with Gasteiger partial charge in [0.15, 0.2) is 5.82 Å². The van der Waals surface area contributed by atoms with Crippen molar-refractivity contribution in [3.63, 3.8) is 0 Å². The molecule has 10 rings (SSSR count). The summed E-state index contributed by atoms with van der Waals surface area (Å²) in [6.07, 6.45) is 4.85. The summed E-state index contributed by atoms with van der Waals surface area (Å²) in [5, 5.41) is 9.92. The van der Waals surface area contributed by atoms with Crippen molar-refractivity contribution in [2.24, 2.45) is 0 Å². The van der Waals surface area contributed by atoms with E-state index in [4.69, 9.17) is 0 Å². The second kappa shape index (κ2) is 12.4. The van der Waals surface area contributed by atoms with Crippen molar-refractivity contribution in [3.05, 3.63) is 183 Å². The fraction of sp³-hybridized carbons (Fsp3) is 0. The summed E-state index contributed by atoms with van der Waals surface area (Å²) in [5.41, 5.74) is 10.1. The molecule has 0 unspecified atom stereocenters. The van der Waals surface area contributed by atoms with Gasteiger partial charge in [0.2, 0.25) is 0 Å². The van der Waals surface area contributed by atoms with E-state index in [-0.39, 0.29) is 0 Å². The normalized spacial score (nSPS) is 11.5. The van der Waals surface area contributed by atoms with E-state index in [2.05, 4.69) is 178 Å². The van der Waals surface area contributed by atoms with E-state index < -0.39 is 0 Å². The maximum atomic E-state index is 4.62. The molecule has 0 fully saturated rings. The molecule has 0 aliphatic rings. The molecule has 2 aromatic heterocycles. The molecule has 0 amide bonds. The van der Waals surface area contributed by atoms with Crippen LogP contribution in [0.15, 0.2) is 183 Å². The van der Waals surface area contributed by atoms with Crippen LogP contribution < -0.4 is 0 Å². The van der Waals surface area contributed by atoms with Gasteiger partial charge in [-0.1, -0.05) is 140 Å². The third-order valence-corrected chi connectivity index (χ3v) is 10.1. The highest BCUT2D eigenvalue weighted by atomic mass is 15.0. The Hall–Kier alpha value is -7.04. The SMILES string of the molecule is c1ccc2cc(-c3c4ccccc4c(-c4ccc5ccccc5c4)c4cc(-c5ccc(-c6ccc(-c7ncncn7)nc6)cc5)ccc34)ccc2c1. The Kier molecular flexibility index (Phi) is 7.10. The summed E-state index contributed by atoms with van der Waals surface area (Å²) >= 11 is 0. The van der Waals surface area contributed by atoms with Crippen LogP contribution in [-0.4, -0.2) is 19.9 Å². The molecule has 0 aliphatic carbocycles. The van der Waals surface area contributed by atoms with Crippen LogP contribution in [0.1, 0.15) is 0 Å². The predicted molar refractivity (Wildman–Crippen MR) is 215 cm³/mol. The van der Waals surface area contributed by atoms with Crippen LogP contribution in [0.5, 0.6) is 0 Å². The largest absolute Gasteiger partial charge is 0.252 e. The quantitative estimate of drug-likeness (QED) is 0.172. The van der Waals surface area contributed by atoms with Crippen molar-refractivity contribution in [3.8, 4) is 56.0 Å². The molecule has 0 saturated carbocycles. The lowest BCUT2D eigenvalue weighted by molar-refractivity contribution is 1.04. The van der Waals surface area contributed by atoms with Gasteiger partial charge in [-0.05, 0) is 106 Å². The molecule has 10 aromatic rings. The van der Waals surface area contributed by atoms with Gasteiger partial charge in [0.05, 0.1) is 0 Å². The summed E-state index contributed by atoms with van der Waals surface area (Å²) in [6.45, 7) is 0. The highest BCUT2D eigenvalue weighted by Crippen LogP contribution is 2.45. The number of pyridine rings is 1. The van der Waals surface area contributed by atoms with E-state index in [9.17, 15) is 0 Å². The standard InChI is InChI=1S/C48H30N4/c1-3-9-35-25-38(19-17-31(35)7-1)46-41-11-5-6-12-42(41)47(39-20-18-32-8-2-4-10-36(32)26-39)44-27-37(21-23-43(44)46)33-13-15-34(16-14-33)40-22-24-45(50-28-40)48-51-29-49-30-52-48/h1-30H. The van der Waals surface area contributed by atoms with E-state index >= 15 is 0 Å². The maximum Gasteiger partial charge on any atom is 0.181 e. The molecule has 0 bridgehead atoms. The summed E-state index contributed by atoms with van der Waals surface area (Å²) < 4.78 is 0. The fourth-order valence-corrected chi connectivity index (χ4v) is 7.59. The Bertz CT molecular complexity index is 2940. The van der Waals surface area contributed by atoms with Crippen LogP contribution in [-0.2, 0) is 0 Å². The van der Waals surface area contributed by atoms with Crippen LogP contribution in [0, 0.1) is 0 Å². The van der Waals surface area contributed by atoms with E-state index in [1.807, 2.05) is 12.3 Å². The van der Waals surface area contributed by atoms with Crippen molar-refractivity contribution in [2.75, 3.05) is 0 Å². The molecule has 0 N–H and O–H groups in total. The van der Waals surface area contributed by atoms with Crippen molar-refractivity contribution in [1.29, 1.82) is 0 Å². The number of nitrogens with zero attached hydrogens (tertiary/aromatic N) is 4. The van der Waals surface area contributed by atoms with Gasteiger partial charge in [0.25, 0.3) is 0 Å². The van der Waals surface area contributed by atoms with E-state index in [1.54, 1.807) is 0 Å². The maximum absolute atomic E-state index is 4.62. The second-order valence-corrected chi connectivity index (χ2v) is 13.2. The van der Waals surface area contributed by atoms with Gasteiger partial charge in [-0.25, -0.2) is 15.0 Å². The lowest BCUT2D eigenvalue weighted by Gasteiger charge is -2.19. The molecule has 4 heteroatoms. The summed E-state index contributed by atoms with van der Waals surface area (Å²) in [4.78, 5) is 17.0. The first kappa shape index (κ1) is 29.8. The minimum atomic E-state index is 0.563. The van der Waals surface area contributed by atoms with Crippen LogP contribution in [0.25, 0.3) is 99.1 Å². The number of aromatic nitrogens is 4. The van der Waals surface area contributed by atoms with Gasteiger partial charge in [-0.3, -0.25) is 4.98 Å². The molecule has 8 aromatic carbocycles. The molecule has 0 saturated heterocycles. The molecule has 52 heavy (non-hydrogen) atoms. The van der Waals surface area contributed by atoms with Crippen LogP contribution >= 0.6 is 0 Å². The number of benzene rings is 8. The minimum absolute atomic E-state index is 0.563. The summed E-state index contributed by atoms with van der Waals surface area (Å²) in [7, 11) is 0. The van der Waals surface area contributed by atoms with Crippen LogP contribution in [0.3, 0.4) is 0 Å². The first-order chi connectivity index (χ1) is 25.8. The molecule has 0 aliphatic heterocycles. The van der Waals surface area contributed by atoms with Crippen LogP contribution in [0.4, 0.5) is 0 Å². The van der Waals surface area contributed by atoms with Crippen molar-refractivity contribution < 1.29 is 0 Å². The van der Waals surface area contributed by atoms with E-state index in [0.29, 0.717) is 5.82 Å². The highest BCUT2D eigenvalue weighted by Gasteiger charge is 2.18. The van der Waals surface area contributed by atoms with Gasteiger partial charge in [0, 0.05) is 11.8 Å². The fourth-order valence-electron chi connectivity index (χ4n) is 7.59. The van der Waals surface area contributed by atoms with Gasteiger partial charge < -0.3 is 0 Å². The monoisotopic (exact) mass is 662 g/mol. The number of rotatable bonds is 5. The zero-order valence-corrected chi connectivity index (χ0v) is 28.1. The molecule has 2 heterocycles. The van der Waals surface area contributed by atoms with Gasteiger partial charge >= 0.3 is 0 Å². The molecule has 0 spiro atoms. The predicted octanol–water partition coefficient (Wildman–Crippen LogP) is 12.2. The average molecular weight is 663 g/mol. The zero-order valence-electron chi connectivity index (χ0n) is 28.1. The number of fused-ring (bicyclic) bond motifs is 4. The number of hydrogen-bond donors (Lipinski definition) is 0. The summed E-state index contributed by atoms with van der Waals surface area (Å²) in [6, 6.07) is 59.6. The Balaban J connectivity index is 1.15. The van der Waals surface area contributed by atoms with Crippen molar-refractivity contribution in [1.82, 2.24) is 19.9 Å². The van der Waals surface area contributed by atoms with E-state index in [0.717, 1.165) is 22.4 Å². The molecule has 0 radical (unpaired) electrons. The van der Waals surface area contributed by atoms with Crippen molar-refractivity contribution >= 4 is 43.1 Å². The Morgan fingerprint density at radius 1 is 0.308 bits per heavy atom. The van der Waals surface area contributed by atoms with E-state index in [1.165, 1.54) is 83.6 Å². The number of hydrogen-bond acceptors (Lipinski definition) is 4. The molecular formula is C48H30N4. The average Bonchev–Trinajstić information content (AvgIpc) is 3.22. The minimum Gasteiger partial charge on any atom is -0.252 e. The zero-order chi connectivity index (χ0) is 34.4. The van der Waals surface area contributed by atoms with Gasteiger partial charge in [-0.15, -0.1) is 0 Å². The Morgan fingerprint density at radius 2 is 0.788 bits per heavy atom. The summed E-state index contributed by atoms with van der Waals surface area (Å²) in [5.74, 6) is 0.563. The van der Waals surface area contributed by atoms with Crippen LogP contribution in [0.2, 0.25) is 0 Å². The third-order valence-electron chi connectivity index (χ3n) is 10.1. The first-order valence-corrected chi connectivity index (χ1v) is 17.4. The topological polar surface area (TPSA) is 51.6 Å². The lowest BCUT2D eigenvalue weighted by Crippen LogP contribution is -1.92. The lowest BCUT2D eigenvalue weighted by atomic mass is 9.84. The molecule has 242 valence electrons. The van der Waals surface area contributed by atoms with Gasteiger partial charge in [0.1, 0.15) is 18.3 Å². The molecule has 0 atom stereocenters. The Labute approximate surface area is 300 Å². The third kappa shape index (κ3) is 5.17. The smallest absolute Gasteiger partial charge is 0.181 e. The van der Waals surface area contributed by atoms with Gasteiger partial charge in [-0.2, -0.15) is 0 Å². The Morgan fingerprint density at radius 3 is 1.38 bits per heavy atom. The highest BCUT2D eigenvalue weighted by molar-refractivity contribution is 6.22. The molecular weight excluding hydrogens is 633 g/mol. The van der Waals surface area contributed by atoms with Crippen molar-refractivity contribution in [2.45, 2.75) is 0 Å². The first-order valence-electron chi connectivity index (χ1n) is 17.4.